The maximum absolute atomic E-state index is 12.1. The molecule has 3 aromatic rings. The van der Waals surface area contributed by atoms with Crippen molar-refractivity contribution in [3.63, 3.8) is 0 Å². The monoisotopic (exact) mass is 597 g/mol. The first-order valence-corrected chi connectivity index (χ1v) is 11.9. The van der Waals surface area contributed by atoms with Crippen LogP contribution in [0, 0.1) is 10.5 Å². The number of amides is 2. The van der Waals surface area contributed by atoms with Crippen molar-refractivity contribution in [1.82, 2.24) is 5.43 Å². The third kappa shape index (κ3) is 7.25. The minimum absolute atomic E-state index is 0.307. The minimum atomic E-state index is -0.429. The van der Waals surface area contributed by atoms with Crippen molar-refractivity contribution in [2.45, 2.75) is 20.5 Å². The highest BCUT2D eigenvalue weighted by Gasteiger charge is 2.13. The van der Waals surface area contributed by atoms with Crippen molar-refractivity contribution in [2.24, 2.45) is 5.10 Å². The summed E-state index contributed by atoms with van der Waals surface area (Å²) in [5.41, 5.74) is 5.79. The predicted octanol–water partition coefficient (Wildman–Crippen LogP) is 7.04. The van der Waals surface area contributed by atoms with Crippen LogP contribution in [0.5, 0.6) is 11.5 Å². The Morgan fingerprint density at radius 1 is 1.09 bits per heavy atom. The van der Waals surface area contributed by atoms with E-state index in [4.69, 9.17) is 32.7 Å². The topological polar surface area (TPSA) is 72.0 Å². The number of rotatable bonds is 8. The number of ether oxygens (including phenoxy) is 2. The fraction of sp³-hybridized carbons (Fsp3) is 0.167. The van der Waals surface area contributed by atoms with Crippen LogP contribution in [0.3, 0.4) is 0 Å². The number of hydrogen-bond donors (Lipinski definition) is 2. The molecule has 0 unspecified atom stereocenters. The molecule has 0 aliphatic heterocycles. The Morgan fingerprint density at radius 3 is 2.61 bits per heavy atom. The van der Waals surface area contributed by atoms with Gasteiger partial charge < -0.3 is 14.8 Å². The summed E-state index contributed by atoms with van der Waals surface area (Å²) < 4.78 is 12.6. The van der Waals surface area contributed by atoms with Gasteiger partial charge in [-0.2, -0.15) is 5.10 Å². The van der Waals surface area contributed by atoms with Gasteiger partial charge in [-0.3, -0.25) is 0 Å². The molecule has 9 heteroatoms. The van der Waals surface area contributed by atoms with E-state index in [1.54, 1.807) is 24.4 Å². The molecule has 2 amide bonds. The molecule has 0 heterocycles. The lowest BCUT2D eigenvalue weighted by atomic mass is 10.2. The Balaban J connectivity index is 1.68. The molecule has 0 spiro atoms. The molecule has 3 aromatic carbocycles. The molecule has 33 heavy (non-hydrogen) atoms. The largest absolute Gasteiger partial charge is 0.490 e. The van der Waals surface area contributed by atoms with E-state index in [1.807, 2.05) is 50.2 Å². The zero-order chi connectivity index (χ0) is 23.8. The number of para-hydroxylation sites is 1. The third-order valence-corrected chi connectivity index (χ3v) is 6.01. The average molecular weight is 598 g/mol. The first kappa shape index (κ1) is 25.1. The second-order valence-electron chi connectivity index (χ2n) is 6.94. The van der Waals surface area contributed by atoms with Crippen molar-refractivity contribution in [3.8, 4) is 11.5 Å². The van der Waals surface area contributed by atoms with E-state index in [9.17, 15) is 4.79 Å². The van der Waals surface area contributed by atoms with Crippen LogP contribution in [0.25, 0.3) is 0 Å². The SMILES string of the molecule is CCOc1cc(C=NNC(=O)Nc2ccccc2C)cc(I)c1OCc1ccc(Cl)c(Cl)c1. The van der Waals surface area contributed by atoms with Gasteiger partial charge in [-0.05, 0) is 83.5 Å². The lowest BCUT2D eigenvalue weighted by Crippen LogP contribution is -2.24. The van der Waals surface area contributed by atoms with E-state index >= 15 is 0 Å². The molecule has 0 aliphatic rings. The van der Waals surface area contributed by atoms with Gasteiger partial charge in [-0.25, -0.2) is 10.2 Å². The number of anilines is 1. The van der Waals surface area contributed by atoms with Gasteiger partial charge in [0.1, 0.15) is 6.61 Å². The van der Waals surface area contributed by atoms with E-state index in [1.165, 1.54) is 0 Å². The average Bonchev–Trinajstić information content (AvgIpc) is 2.77. The number of nitrogens with one attached hydrogen (secondary N) is 2. The Labute approximate surface area is 216 Å². The molecule has 0 bridgehead atoms. The number of aryl methyl sites for hydroxylation is 1. The number of nitrogens with zero attached hydrogens (tertiary/aromatic N) is 1. The summed E-state index contributed by atoms with van der Waals surface area (Å²) in [5, 5.41) is 7.77. The Bertz CT molecular complexity index is 1170. The Kier molecular flexibility index (Phi) is 9.22. The van der Waals surface area contributed by atoms with Gasteiger partial charge >= 0.3 is 6.03 Å². The van der Waals surface area contributed by atoms with Crippen molar-refractivity contribution < 1.29 is 14.3 Å². The van der Waals surface area contributed by atoms with Gasteiger partial charge in [0, 0.05) is 5.69 Å². The highest BCUT2D eigenvalue weighted by atomic mass is 127. The molecule has 0 aromatic heterocycles. The summed E-state index contributed by atoms with van der Waals surface area (Å²) >= 11 is 14.2. The predicted molar refractivity (Wildman–Crippen MR) is 142 cm³/mol. The number of hydrogen-bond acceptors (Lipinski definition) is 4. The molecule has 0 saturated heterocycles. The maximum Gasteiger partial charge on any atom is 0.339 e. The van der Waals surface area contributed by atoms with Crippen LogP contribution in [0.15, 0.2) is 59.7 Å². The van der Waals surface area contributed by atoms with Crippen molar-refractivity contribution in [3.05, 3.63) is 84.9 Å². The zero-order valence-corrected chi connectivity index (χ0v) is 21.7. The molecule has 172 valence electrons. The van der Waals surface area contributed by atoms with Crippen LogP contribution in [-0.2, 0) is 6.61 Å². The van der Waals surface area contributed by atoms with Crippen LogP contribution in [0.2, 0.25) is 10.0 Å². The molecule has 0 atom stereocenters. The van der Waals surface area contributed by atoms with Gasteiger partial charge in [-0.15, -0.1) is 0 Å². The van der Waals surface area contributed by atoms with E-state index < -0.39 is 6.03 Å². The normalized spacial score (nSPS) is 10.8. The fourth-order valence-corrected chi connectivity index (χ4v) is 3.98. The molecular formula is C24H22Cl2IN3O3. The summed E-state index contributed by atoms with van der Waals surface area (Å²) in [7, 11) is 0. The van der Waals surface area contributed by atoms with E-state index in [-0.39, 0.29) is 0 Å². The second kappa shape index (κ2) is 12.1. The molecule has 0 radical (unpaired) electrons. The maximum atomic E-state index is 12.1. The first-order valence-electron chi connectivity index (χ1n) is 10.1. The summed E-state index contributed by atoms with van der Waals surface area (Å²) in [4.78, 5) is 12.1. The number of hydrazone groups is 1. The molecule has 0 saturated carbocycles. The quantitative estimate of drug-likeness (QED) is 0.166. The van der Waals surface area contributed by atoms with Crippen LogP contribution in [-0.4, -0.2) is 18.9 Å². The summed E-state index contributed by atoms with van der Waals surface area (Å²) in [5.74, 6) is 1.20. The van der Waals surface area contributed by atoms with Crippen molar-refractivity contribution in [2.75, 3.05) is 11.9 Å². The highest BCUT2D eigenvalue weighted by molar-refractivity contribution is 14.1. The number of carbonyl (C=O) groups excluding carboxylic acids is 1. The number of halogens is 3. The Morgan fingerprint density at radius 2 is 1.88 bits per heavy atom. The summed E-state index contributed by atoms with van der Waals surface area (Å²) in [6.45, 7) is 4.59. The molecular weight excluding hydrogens is 576 g/mol. The highest BCUT2D eigenvalue weighted by Crippen LogP contribution is 2.35. The van der Waals surface area contributed by atoms with Gasteiger partial charge in [0.2, 0.25) is 0 Å². The molecule has 0 aliphatic carbocycles. The molecule has 2 N–H and O–H groups in total. The van der Waals surface area contributed by atoms with Crippen LogP contribution in [0.1, 0.15) is 23.6 Å². The third-order valence-electron chi connectivity index (χ3n) is 4.47. The first-order chi connectivity index (χ1) is 15.9. The Hall–Kier alpha value is -2.49. The van der Waals surface area contributed by atoms with Crippen LogP contribution in [0.4, 0.5) is 10.5 Å². The second-order valence-corrected chi connectivity index (χ2v) is 8.92. The van der Waals surface area contributed by atoms with E-state index in [2.05, 4.69) is 38.4 Å². The summed E-state index contributed by atoms with van der Waals surface area (Å²) in [6, 6.07) is 16.1. The van der Waals surface area contributed by atoms with E-state index in [0.29, 0.717) is 34.8 Å². The summed E-state index contributed by atoms with van der Waals surface area (Å²) in [6.07, 6.45) is 1.55. The fourth-order valence-electron chi connectivity index (χ4n) is 2.88. The van der Waals surface area contributed by atoms with Gasteiger partial charge in [0.05, 0.1) is 26.4 Å². The smallest absolute Gasteiger partial charge is 0.339 e. The van der Waals surface area contributed by atoms with E-state index in [0.717, 1.165) is 25.9 Å². The molecule has 0 fully saturated rings. The molecule has 6 nitrogen and oxygen atoms in total. The van der Waals surface area contributed by atoms with Crippen LogP contribution >= 0.6 is 45.8 Å². The molecule has 3 rings (SSSR count). The van der Waals surface area contributed by atoms with Gasteiger partial charge in [-0.1, -0.05) is 47.5 Å². The number of urea groups is 1. The number of benzene rings is 3. The van der Waals surface area contributed by atoms with Crippen LogP contribution < -0.4 is 20.2 Å². The standard InChI is InChI=1S/C24H22Cl2IN3O3/c1-3-32-22-12-17(13-28-30-24(31)29-21-7-5-4-6-15(21)2)11-20(27)23(22)33-14-16-8-9-18(25)19(26)10-16/h4-13H,3,14H2,1-2H3,(H2,29,30,31). The van der Waals surface area contributed by atoms with Gasteiger partial charge in [0.25, 0.3) is 0 Å². The van der Waals surface area contributed by atoms with Gasteiger partial charge in [0.15, 0.2) is 11.5 Å². The number of carbonyl (C=O) groups is 1. The van der Waals surface area contributed by atoms with Crippen molar-refractivity contribution in [1.29, 1.82) is 0 Å². The minimum Gasteiger partial charge on any atom is -0.490 e. The van der Waals surface area contributed by atoms with Crippen molar-refractivity contribution >= 4 is 63.7 Å². The zero-order valence-electron chi connectivity index (χ0n) is 18.0. The lowest BCUT2D eigenvalue weighted by Gasteiger charge is -2.15. The lowest BCUT2D eigenvalue weighted by molar-refractivity contribution is 0.252.